The van der Waals surface area contributed by atoms with Crippen molar-refractivity contribution in [1.29, 1.82) is 0 Å². The van der Waals surface area contributed by atoms with E-state index in [4.69, 9.17) is 16.3 Å². The van der Waals surface area contributed by atoms with Gasteiger partial charge in [-0.1, -0.05) is 23.7 Å². The molecule has 1 N–H and O–H groups in total. The standard InChI is InChI=1S/C16H18ClN3O2/c1-3-20(16-12(17)7-6-10-18-16)11-15(21)19-13-8-4-5-9-14(13)22-2/h4-10H,3,11H2,1-2H3,(H,19,21). The molecule has 0 fully saturated rings. The number of likely N-dealkylation sites (N-methyl/N-ethyl adjacent to an activating group) is 1. The molecule has 6 heteroatoms. The monoisotopic (exact) mass is 319 g/mol. The predicted molar refractivity (Wildman–Crippen MR) is 88.8 cm³/mol. The molecule has 1 heterocycles. The van der Waals surface area contributed by atoms with Crippen molar-refractivity contribution in [2.75, 3.05) is 30.4 Å². The highest BCUT2D eigenvalue weighted by atomic mass is 35.5. The Kier molecular flexibility index (Phi) is 5.61. The SMILES string of the molecule is CCN(CC(=O)Nc1ccccc1OC)c1ncccc1Cl. The van der Waals surface area contributed by atoms with E-state index in [2.05, 4.69) is 10.3 Å². The molecule has 5 nitrogen and oxygen atoms in total. The zero-order chi connectivity index (χ0) is 15.9. The first-order valence-electron chi connectivity index (χ1n) is 6.94. The molecule has 0 spiro atoms. The molecule has 0 saturated heterocycles. The Hall–Kier alpha value is -2.27. The summed E-state index contributed by atoms with van der Waals surface area (Å²) < 4.78 is 5.22. The molecule has 0 unspecified atom stereocenters. The van der Waals surface area contributed by atoms with Gasteiger partial charge in [0.15, 0.2) is 0 Å². The molecule has 116 valence electrons. The van der Waals surface area contributed by atoms with E-state index in [1.165, 1.54) is 0 Å². The summed E-state index contributed by atoms with van der Waals surface area (Å²) in [5.41, 5.74) is 0.637. The number of methoxy groups -OCH3 is 1. The van der Waals surface area contributed by atoms with Crippen molar-refractivity contribution >= 4 is 29.0 Å². The van der Waals surface area contributed by atoms with E-state index in [1.807, 2.05) is 24.0 Å². The average molecular weight is 320 g/mol. The number of amides is 1. The number of hydrogen-bond acceptors (Lipinski definition) is 4. The third-order valence-corrected chi connectivity index (χ3v) is 3.43. The van der Waals surface area contributed by atoms with Gasteiger partial charge in [-0.3, -0.25) is 4.79 Å². The van der Waals surface area contributed by atoms with Crippen LogP contribution in [0, 0.1) is 0 Å². The summed E-state index contributed by atoms with van der Waals surface area (Å²) in [7, 11) is 1.57. The van der Waals surface area contributed by atoms with Crippen LogP contribution in [0.15, 0.2) is 42.6 Å². The largest absolute Gasteiger partial charge is 0.495 e. The van der Waals surface area contributed by atoms with E-state index in [9.17, 15) is 4.79 Å². The minimum Gasteiger partial charge on any atom is -0.495 e. The summed E-state index contributed by atoms with van der Waals surface area (Å²) in [6.07, 6.45) is 1.65. The van der Waals surface area contributed by atoms with Crippen LogP contribution in [0.4, 0.5) is 11.5 Å². The minimum atomic E-state index is -0.159. The summed E-state index contributed by atoms with van der Waals surface area (Å²) in [4.78, 5) is 18.3. The molecule has 0 aliphatic rings. The molecule has 0 bridgehead atoms. The fourth-order valence-corrected chi connectivity index (χ4v) is 2.30. The molecule has 0 aliphatic heterocycles. The number of anilines is 2. The van der Waals surface area contributed by atoms with Crippen molar-refractivity contribution in [3.8, 4) is 5.75 Å². The molecular formula is C16H18ClN3O2. The third-order valence-electron chi connectivity index (χ3n) is 3.14. The molecule has 1 aromatic heterocycles. The second kappa shape index (κ2) is 7.66. The van der Waals surface area contributed by atoms with Crippen molar-refractivity contribution in [2.24, 2.45) is 0 Å². The van der Waals surface area contributed by atoms with Gasteiger partial charge in [-0.2, -0.15) is 0 Å². The second-order valence-corrected chi connectivity index (χ2v) is 4.98. The van der Waals surface area contributed by atoms with Gasteiger partial charge in [-0.25, -0.2) is 4.98 Å². The summed E-state index contributed by atoms with van der Waals surface area (Å²) in [5.74, 6) is 1.06. The van der Waals surface area contributed by atoms with Crippen molar-refractivity contribution in [3.63, 3.8) is 0 Å². The molecule has 0 radical (unpaired) electrons. The normalized spacial score (nSPS) is 10.1. The van der Waals surface area contributed by atoms with Crippen molar-refractivity contribution in [3.05, 3.63) is 47.6 Å². The number of nitrogens with one attached hydrogen (secondary N) is 1. The zero-order valence-corrected chi connectivity index (χ0v) is 13.3. The highest BCUT2D eigenvalue weighted by molar-refractivity contribution is 6.33. The molecule has 0 aliphatic carbocycles. The Morgan fingerprint density at radius 3 is 2.77 bits per heavy atom. The van der Waals surface area contributed by atoms with Crippen LogP contribution in [0.2, 0.25) is 5.02 Å². The maximum absolute atomic E-state index is 12.3. The number of hydrogen-bond donors (Lipinski definition) is 1. The number of carbonyl (C=O) groups excluding carboxylic acids is 1. The van der Waals surface area contributed by atoms with Crippen LogP contribution in [0.3, 0.4) is 0 Å². The summed E-state index contributed by atoms with van der Waals surface area (Å²) in [6, 6.07) is 10.8. The maximum atomic E-state index is 12.3. The van der Waals surface area contributed by atoms with Gasteiger partial charge < -0.3 is 15.0 Å². The van der Waals surface area contributed by atoms with Crippen molar-refractivity contribution in [1.82, 2.24) is 4.98 Å². The van der Waals surface area contributed by atoms with Gasteiger partial charge in [-0.05, 0) is 31.2 Å². The number of nitrogens with zero attached hydrogens (tertiary/aromatic N) is 2. The summed E-state index contributed by atoms with van der Waals surface area (Å²) in [5, 5.41) is 3.36. The predicted octanol–water partition coefficient (Wildman–Crippen LogP) is 3.21. The number of rotatable bonds is 6. The molecule has 1 aromatic carbocycles. The highest BCUT2D eigenvalue weighted by Crippen LogP contribution is 2.24. The first kappa shape index (κ1) is 16.1. The smallest absolute Gasteiger partial charge is 0.244 e. The highest BCUT2D eigenvalue weighted by Gasteiger charge is 2.15. The number of carbonyl (C=O) groups is 1. The average Bonchev–Trinajstić information content (AvgIpc) is 2.54. The van der Waals surface area contributed by atoms with Gasteiger partial charge in [0.2, 0.25) is 5.91 Å². The van der Waals surface area contributed by atoms with Crippen LogP contribution in [0.25, 0.3) is 0 Å². The lowest BCUT2D eigenvalue weighted by molar-refractivity contribution is -0.115. The Morgan fingerprint density at radius 2 is 2.09 bits per heavy atom. The topological polar surface area (TPSA) is 54.5 Å². The van der Waals surface area contributed by atoms with E-state index >= 15 is 0 Å². The van der Waals surface area contributed by atoms with E-state index in [1.54, 1.807) is 37.6 Å². The Labute approximate surface area is 134 Å². The molecule has 0 saturated carbocycles. The molecule has 2 rings (SSSR count). The van der Waals surface area contributed by atoms with Gasteiger partial charge in [0, 0.05) is 12.7 Å². The molecular weight excluding hydrogens is 302 g/mol. The molecule has 2 aromatic rings. The van der Waals surface area contributed by atoms with E-state index < -0.39 is 0 Å². The number of para-hydroxylation sites is 2. The lowest BCUT2D eigenvalue weighted by Crippen LogP contribution is -2.34. The quantitative estimate of drug-likeness (QED) is 0.888. The van der Waals surface area contributed by atoms with Gasteiger partial charge in [0.05, 0.1) is 24.4 Å². The fraction of sp³-hybridized carbons (Fsp3) is 0.250. The van der Waals surface area contributed by atoms with Gasteiger partial charge in [-0.15, -0.1) is 0 Å². The first-order valence-corrected chi connectivity index (χ1v) is 7.31. The van der Waals surface area contributed by atoms with E-state index in [0.717, 1.165) is 0 Å². The third kappa shape index (κ3) is 3.89. The van der Waals surface area contributed by atoms with Crippen LogP contribution in [-0.4, -0.2) is 31.1 Å². The fourth-order valence-electron chi connectivity index (χ4n) is 2.06. The van der Waals surface area contributed by atoms with Crippen LogP contribution in [0.5, 0.6) is 5.75 Å². The number of pyridine rings is 1. The van der Waals surface area contributed by atoms with Crippen LogP contribution in [-0.2, 0) is 4.79 Å². The van der Waals surface area contributed by atoms with Gasteiger partial charge in [0.1, 0.15) is 11.6 Å². The lowest BCUT2D eigenvalue weighted by atomic mass is 10.3. The molecule has 22 heavy (non-hydrogen) atoms. The zero-order valence-electron chi connectivity index (χ0n) is 12.5. The number of aromatic nitrogens is 1. The van der Waals surface area contributed by atoms with Gasteiger partial charge in [0.25, 0.3) is 0 Å². The van der Waals surface area contributed by atoms with Crippen LogP contribution < -0.4 is 15.0 Å². The number of halogens is 1. The minimum absolute atomic E-state index is 0.158. The van der Waals surface area contributed by atoms with Crippen molar-refractivity contribution < 1.29 is 9.53 Å². The Morgan fingerprint density at radius 1 is 1.32 bits per heavy atom. The summed E-state index contributed by atoms with van der Waals surface area (Å²) >= 11 is 6.13. The van der Waals surface area contributed by atoms with E-state index in [0.29, 0.717) is 28.8 Å². The lowest BCUT2D eigenvalue weighted by Gasteiger charge is -2.22. The first-order chi connectivity index (χ1) is 10.7. The molecule has 1 amide bonds. The Bertz CT molecular complexity index is 649. The Balaban J connectivity index is 2.08. The van der Waals surface area contributed by atoms with Crippen molar-refractivity contribution in [2.45, 2.75) is 6.92 Å². The summed E-state index contributed by atoms with van der Waals surface area (Å²) in [6.45, 7) is 2.72. The number of ether oxygens (including phenoxy) is 1. The molecule has 0 atom stereocenters. The maximum Gasteiger partial charge on any atom is 0.244 e. The number of benzene rings is 1. The van der Waals surface area contributed by atoms with Crippen LogP contribution in [0.1, 0.15) is 6.92 Å². The van der Waals surface area contributed by atoms with Crippen LogP contribution >= 0.6 is 11.6 Å². The second-order valence-electron chi connectivity index (χ2n) is 4.57. The van der Waals surface area contributed by atoms with Gasteiger partial charge >= 0.3 is 0 Å². The van der Waals surface area contributed by atoms with E-state index in [-0.39, 0.29) is 12.5 Å².